The minimum atomic E-state index is 0.288. The Labute approximate surface area is 151 Å². The Morgan fingerprint density at radius 1 is 1.29 bits per heavy atom. The maximum Gasteiger partial charge on any atom is 0.222 e. The first kappa shape index (κ1) is 17.2. The van der Waals surface area contributed by atoms with E-state index in [4.69, 9.17) is 4.98 Å². The van der Waals surface area contributed by atoms with Gasteiger partial charge in [0.25, 0.3) is 0 Å². The molecule has 3 rings (SSSR count). The SMILES string of the molecule is CC(C)CC(=O)N1CCC(Nc2ccc3cccc(Br)c3n2)CC1. The quantitative estimate of drug-likeness (QED) is 0.839. The molecule has 0 unspecified atom stereocenters. The van der Waals surface area contributed by atoms with Gasteiger partial charge >= 0.3 is 0 Å². The zero-order valence-electron chi connectivity index (χ0n) is 14.3. The third-order valence-corrected chi connectivity index (χ3v) is 5.09. The average Bonchev–Trinajstić information content (AvgIpc) is 2.56. The zero-order valence-corrected chi connectivity index (χ0v) is 15.8. The molecule has 2 heterocycles. The molecule has 1 amide bonds. The summed E-state index contributed by atoms with van der Waals surface area (Å²) in [4.78, 5) is 18.9. The number of nitrogens with zero attached hydrogens (tertiary/aromatic N) is 2. The van der Waals surface area contributed by atoms with Crippen molar-refractivity contribution in [1.29, 1.82) is 0 Å². The molecule has 0 radical (unpaired) electrons. The van der Waals surface area contributed by atoms with Gasteiger partial charge in [0, 0.05) is 35.4 Å². The smallest absolute Gasteiger partial charge is 0.222 e. The minimum absolute atomic E-state index is 0.288. The van der Waals surface area contributed by atoms with Gasteiger partial charge in [-0.15, -0.1) is 0 Å². The van der Waals surface area contributed by atoms with E-state index in [1.807, 2.05) is 23.1 Å². The Kier molecular flexibility index (Phi) is 5.39. The number of amides is 1. The number of piperidine rings is 1. The van der Waals surface area contributed by atoms with Gasteiger partial charge in [0.05, 0.1) is 5.52 Å². The van der Waals surface area contributed by atoms with Gasteiger partial charge in [-0.25, -0.2) is 4.98 Å². The Morgan fingerprint density at radius 3 is 2.75 bits per heavy atom. The van der Waals surface area contributed by atoms with Crippen LogP contribution in [0.1, 0.15) is 33.1 Å². The summed E-state index contributed by atoms with van der Waals surface area (Å²) in [6.07, 6.45) is 2.59. The number of hydrogen-bond acceptors (Lipinski definition) is 3. The number of anilines is 1. The number of benzene rings is 1. The maximum absolute atomic E-state index is 12.1. The van der Waals surface area contributed by atoms with Gasteiger partial charge in [0.2, 0.25) is 5.91 Å². The number of hydrogen-bond donors (Lipinski definition) is 1. The molecular formula is C19H24BrN3O. The summed E-state index contributed by atoms with van der Waals surface area (Å²) in [5, 5.41) is 4.66. The van der Waals surface area contributed by atoms with Crippen LogP contribution in [0.2, 0.25) is 0 Å². The Bertz CT molecular complexity index is 724. The van der Waals surface area contributed by atoms with E-state index in [0.717, 1.165) is 47.1 Å². The average molecular weight is 390 g/mol. The molecule has 0 aliphatic carbocycles. The molecule has 128 valence electrons. The van der Waals surface area contributed by atoms with Crippen LogP contribution in [0.5, 0.6) is 0 Å². The zero-order chi connectivity index (χ0) is 17.1. The van der Waals surface area contributed by atoms with Crippen molar-refractivity contribution < 1.29 is 4.79 Å². The number of carbonyl (C=O) groups is 1. The number of halogens is 1. The van der Waals surface area contributed by atoms with E-state index >= 15 is 0 Å². The third-order valence-electron chi connectivity index (χ3n) is 4.45. The lowest BCUT2D eigenvalue weighted by Gasteiger charge is -2.33. The van der Waals surface area contributed by atoms with Crippen molar-refractivity contribution in [3.8, 4) is 0 Å². The molecule has 5 heteroatoms. The summed E-state index contributed by atoms with van der Waals surface area (Å²) in [5.74, 6) is 1.62. The molecule has 0 saturated carbocycles. The van der Waals surface area contributed by atoms with E-state index in [0.29, 0.717) is 18.4 Å². The molecule has 0 spiro atoms. The third kappa shape index (κ3) is 4.07. The predicted octanol–water partition coefficient (Wildman–Crippen LogP) is 4.45. The van der Waals surface area contributed by atoms with Crippen LogP contribution in [0.3, 0.4) is 0 Å². The Balaban J connectivity index is 1.60. The van der Waals surface area contributed by atoms with E-state index in [-0.39, 0.29) is 5.91 Å². The van der Waals surface area contributed by atoms with Crippen molar-refractivity contribution in [2.24, 2.45) is 5.92 Å². The number of para-hydroxylation sites is 1. The molecule has 24 heavy (non-hydrogen) atoms. The molecule has 1 aliphatic heterocycles. The fourth-order valence-electron chi connectivity index (χ4n) is 3.15. The summed E-state index contributed by atoms with van der Waals surface area (Å²) >= 11 is 3.57. The van der Waals surface area contributed by atoms with E-state index < -0.39 is 0 Å². The van der Waals surface area contributed by atoms with Crippen molar-refractivity contribution in [2.75, 3.05) is 18.4 Å². The molecule has 1 aromatic heterocycles. The number of aromatic nitrogens is 1. The summed E-state index contributed by atoms with van der Waals surface area (Å²) in [6.45, 7) is 5.85. The maximum atomic E-state index is 12.1. The summed E-state index contributed by atoms with van der Waals surface area (Å²) in [6, 6.07) is 10.6. The normalized spacial score (nSPS) is 15.9. The molecule has 1 aliphatic rings. The summed E-state index contributed by atoms with van der Waals surface area (Å²) in [5.41, 5.74) is 0.979. The topological polar surface area (TPSA) is 45.2 Å². The second kappa shape index (κ2) is 7.51. The molecule has 1 fully saturated rings. The van der Waals surface area contributed by atoms with Gasteiger partial charge in [-0.3, -0.25) is 4.79 Å². The van der Waals surface area contributed by atoms with Gasteiger partial charge in [-0.1, -0.05) is 26.0 Å². The highest BCUT2D eigenvalue weighted by atomic mass is 79.9. The Morgan fingerprint density at radius 2 is 2.04 bits per heavy atom. The fraction of sp³-hybridized carbons (Fsp3) is 0.474. The van der Waals surface area contributed by atoms with Crippen molar-refractivity contribution in [3.05, 3.63) is 34.8 Å². The lowest BCUT2D eigenvalue weighted by molar-refractivity contribution is -0.132. The monoisotopic (exact) mass is 389 g/mol. The summed E-state index contributed by atoms with van der Waals surface area (Å²) < 4.78 is 1.01. The van der Waals surface area contributed by atoms with Crippen LogP contribution >= 0.6 is 15.9 Å². The first-order valence-electron chi connectivity index (χ1n) is 8.62. The van der Waals surface area contributed by atoms with Gasteiger partial charge in [-0.2, -0.15) is 0 Å². The first-order chi connectivity index (χ1) is 11.5. The fourth-order valence-corrected chi connectivity index (χ4v) is 3.62. The van der Waals surface area contributed by atoms with Crippen LogP contribution in [-0.4, -0.2) is 34.9 Å². The number of nitrogens with one attached hydrogen (secondary N) is 1. The van der Waals surface area contributed by atoms with Gasteiger partial charge in [-0.05, 0) is 52.9 Å². The van der Waals surface area contributed by atoms with Crippen LogP contribution in [0, 0.1) is 5.92 Å². The van der Waals surface area contributed by atoms with Crippen LogP contribution in [0.4, 0.5) is 5.82 Å². The van der Waals surface area contributed by atoms with Crippen LogP contribution in [0.15, 0.2) is 34.8 Å². The first-order valence-corrected chi connectivity index (χ1v) is 9.42. The van der Waals surface area contributed by atoms with E-state index in [9.17, 15) is 4.79 Å². The molecule has 1 saturated heterocycles. The molecule has 1 aromatic carbocycles. The highest BCUT2D eigenvalue weighted by Crippen LogP contribution is 2.24. The predicted molar refractivity (Wildman–Crippen MR) is 102 cm³/mol. The van der Waals surface area contributed by atoms with Crippen molar-refractivity contribution in [2.45, 2.75) is 39.2 Å². The number of likely N-dealkylation sites (tertiary alicyclic amines) is 1. The van der Waals surface area contributed by atoms with Crippen molar-refractivity contribution in [1.82, 2.24) is 9.88 Å². The highest BCUT2D eigenvalue weighted by molar-refractivity contribution is 9.10. The van der Waals surface area contributed by atoms with Crippen LogP contribution < -0.4 is 5.32 Å². The van der Waals surface area contributed by atoms with Gasteiger partial charge in [0.15, 0.2) is 0 Å². The number of carbonyl (C=O) groups excluding carboxylic acids is 1. The molecule has 1 N–H and O–H groups in total. The van der Waals surface area contributed by atoms with E-state index in [2.05, 4.69) is 47.2 Å². The lowest BCUT2D eigenvalue weighted by atomic mass is 10.0. The second-order valence-electron chi connectivity index (χ2n) is 6.91. The molecule has 4 nitrogen and oxygen atoms in total. The van der Waals surface area contributed by atoms with Gasteiger partial charge < -0.3 is 10.2 Å². The van der Waals surface area contributed by atoms with Gasteiger partial charge in [0.1, 0.15) is 5.82 Å². The highest BCUT2D eigenvalue weighted by Gasteiger charge is 2.23. The van der Waals surface area contributed by atoms with Crippen LogP contribution in [0.25, 0.3) is 10.9 Å². The van der Waals surface area contributed by atoms with Crippen LogP contribution in [-0.2, 0) is 4.79 Å². The van der Waals surface area contributed by atoms with E-state index in [1.54, 1.807) is 0 Å². The van der Waals surface area contributed by atoms with Crippen molar-refractivity contribution in [3.63, 3.8) is 0 Å². The largest absolute Gasteiger partial charge is 0.367 e. The Hall–Kier alpha value is -1.62. The number of pyridine rings is 1. The lowest BCUT2D eigenvalue weighted by Crippen LogP contribution is -2.42. The standard InChI is InChI=1S/C19H24BrN3O/c1-13(2)12-18(24)23-10-8-15(9-11-23)21-17-7-6-14-4-3-5-16(20)19(14)22-17/h3-7,13,15H,8-12H2,1-2H3,(H,21,22). The molecule has 2 aromatic rings. The van der Waals surface area contributed by atoms with E-state index in [1.165, 1.54) is 0 Å². The summed E-state index contributed by atoms with van der Waals surface area (Å²) in [7, 11) is 0. The molecular weight excluding hydrogens is 366 g/mol. The second-order valence-corrected chi connectivity index (χ2v) is 7.76. The number of fused-ring (bicyclic) bond motifs is 1. The van der Waals surface area contributed by atoms with Crippen molar-refractivity contribution >= 4 is 38.6 Å². The molecule has 0 atom stereocenters. The molecule has 0 bridgehead atoms. The minimum Gasteiger partial charge on any atom is -0.367 e. The number of rotatable bonds is 4.